The first-order valence-electron chi connectivity index (χ1n) is 6.57. The standard InChI is InChI=1S/C15H16BrNO4/c1-8(2)21-12-5-3-4-11-14(12)9(7-17-11)15(20)10(16)6-13(18)19/h3-5,7-8,10,17H,6H2,1-2H3,(H,18,19). The van der Waals surface area contributed by atoms with E-state index in [-0.39, 0.29) is 18.3 Å². The molecule has 1 unspecified atom stereocenters. The summed E-state index contributed by atoms with van der Waals surface area (Å²) in [6, 6.07) is 5.49. The molecule has 21 heavy (non-hydrogen) atoms. The van der Waals surface area contributed by atoms with Gasteiger partial charge in [-0.25, -0.2) is 0 Å². The molecule has 0 aliphatic rings. The number of nitrogens with one attached hydrogen (secondary N) is 1. The topological polar surface area (TPSA) is 79.4 Å². The average Bonchev–Trinajstić information content (AvgIpc) is 2.81. The van der Waals surface area contributed by atoms with Crippen LogP contribution in [0.4, 0.5) is 0 Å². The van der Waals surface area contributed by atoms with Crippen molar-refractivity contribution in [2.24, 2.45) is 0 Å². The van der Waals surface area contributed by atoms with Gasteiger partial charge in [-0.1, -0.05) is 22.0 Å². The molecule has 0 aliphatic heterocycles. The van der Waals surface area contributed by atoms with Gasteiger partial charge in [0.1, 0.15) is 5.75 Å². The zero-order valence-electron chi connectivity index (χ0n) is 11.7. The Bertz CT molecular complexity index is 677. The second-order valence-corrected chi connectivity index (χ2v) is 6.08. The third-order valence-corrected chi connectivity index (χ3v) is 3.67. The second kappa shape index (κ2) is 6.30. The first-order chi connectivity index (χ1) is 9.90. The Morgan fingerprint density at radius 3 is 2.71 bits per heavy atom. The summed E-state index contributed by atoms with van der Waals surface area (Å²) >= 11 is 3.14. The van der Waals surface area contributed by atoms with Crippen LogP contribution in [0.2, 0.25) is 0 Å². The highest BCUT2D eigenvalue weighted by atomic mass is 79.9. The number of aromatic amines is 1. The Kier molecular flexibility index (Phi) is 4.67. The van der Waals surface area contributed by atoms with Crippen LogP contribution < -0.4 is 4.74 Å². The number of H-pyrrole nitrogens is 1. The van der Waals surface area contributed by atoms with Crippen molar-refractivity contribution in [3.63, 3.8) is 0 Å². The quantitative estimate of drug-likeness (QED) is 0.616. The smallest absolute Gasteiger partial charge is 0.304 e. The second-order valence-electron chi connectivity index (χ2n) is 4.98. The molecule has 5 nitrogen and oxygen atoms in total. The molecule has 2 N–H and O–H groups in total. The van der Waals surface area contributed by atoms with E-state index in [1.165, 1.54) is 0 Å². The molecule has 1 atom stereocenters. The first kappa shape index (κ1) is 15.6. The number of Topliss-reactive ketones (excluding diaryl/α,β-unsaturated/α-hetero) is 1. The van der Waals surface area contributed by atoms with E-state index in [9.17, 15) is 9.59 Å². The molecule has 0 bridgehead atoms. The van der Waals surface area contributed by atoms with Crippen molar-refractivity contribution >= 4 is 38.6 Å². The van der Waals surface area contributed by atoms with Crippen molar-refractivity contribution < 1.29 is 19.4 Å². The van der Waals surface area contributed by atoms with E-state index in [4.69, 9.17) is 9.84 Å². The zero-order chi connectivity index (χ0) is 15.6. The van der Waals surface area contributed by atoms with Crippen LogP contribution in [0.5, 0.6) is 5.75 Å². The molecule has 2 aromatic rings. The van der Waals surface area contributed by atoms with E-state index in [0.717, 1.165) is 5.52 Å². The third-order valence-electron chi connectivity index (χ3n) is 2.93. The average molecular weight is 354 g/mol. The number of carbonyl (C=O) groups excluding carboxylic acids is 1. The fraction of sp³-hybridized carbons (Fsp3) is 0.333. The van der Waals surface area contributed by atoms with Gasteiger partial charge < -0.3 is 14.8 Å². The van der Waals surface area contributed by atoms with Crippen LogP contribution in [0.25, 0.3) is 10.9 Å². The number of halogens is 1. The predicted molar refractivity (Wildman–Crippen MR) is 83.4 cm³/mol. The third kappa shape index (κ3) is 3.44. The number of benzene rings is 1. The number of hydrogen-bond acceptors (Lipinski definition) is 3. The van der Waals surface area contributed by atoms with Crippen molar-refractivity contribution in [1.82, 2.24) is 4.98 Å². The normalized spacial score (nSPS) is 12.6. The van der Waals surface area contributed by atoms with Gasteiger partial charge in [0.15, 0.2) is 5.78 Å². The fourth-order valence-electron chi connectivity index (χ4n) is 2.11. The van der Waals surface area contributed by atoms with Crippen LogP contribution in [0, 0.1) is 0 Å². The number of rotatable bonds is 6. The molecule has 0 spiro atoms. The molecule has 0 saturated carbocycles. The Morgan fingerprint density at radius 2 is 2.10 bits per heavy atom. The molecular weight excluding hydrogens is 338 g/mol. The lowest BCUT2D eigenvalue weighted by molar-refractivity contribution is -0.136. The minimum absolute atomic E-state index is 0.0211. The zero-order valence-corrected chi connectivity index (χ0v) is 13.3. The fourth-order valence-corrected chi connectivity index (χ4v) is 2.64. The van der Waals surface area contributed by atoms with Crippen molar-refractivity contribution in [3.05, 3.63) is 30.0 Å². The van der Waals surface area contributed by atoms with Crippen LogP contribution in [0.3, 0.4) is 0 Å². The highest BCUT2D eigenvalue weighted by molar-refractivity contribution is 9.10. The highest BCUT2D eigenvalue weighted by Crippen LogP contribution is 2.31. The van der Waals surface area contributed by atoms with Gasteiger partial charge in [0.05, 0.1) is 22.7 Å². The number of ether oxygens (including phenoxy) is 1. The van der Waals surface area contributed by atoms with Crippen molar-refractivity contribution in [3.8, 4) is 5.75 Å². The molecule has 0 amide bonds. The van der Waals surface area contributed by atoms with E-state index in [2.05, 4.69) is 20.9 Å². The van der Waals surface area contributed by atoms with Gasteiger partial charge in [-0.2, -0.15) is 0 Å². The molecule has 112 valence electrons. The van der Waals surface area contributed by atoms with Crippen molar-refractivity contribution in [2.75, 3.05) is 0 Å². The van der Waals surface area contributed by atoms with Gasteiger partial charge in [0.25, 0.3) is 0 Å². The molecule has 0 radical (unpaired) electrons. The molecular formula is C15H16BrNO4. The van der Waals surface area contributed by atoms with Gasteiger partial charge in [-0.3, -0.25) is 9.59 Å². The summed E-state index contributed by atoms with van der Waals surface area (Å²) in [6.07, 6.45) is 1.31. The van der Waals surface area contributed by atoms with Crippen LogP contribution in [-0.4, -0.2) is 32.8 Å². The number of alkyl halides is 1. The number of aliphatic carboxylic acids is 1. The number of ketones is 1. The van der Waals surface area contributed by atoms with Crippen molar-refractivity contribution in [2.45, 2.75) is 31.2 Å². The molecule has 2 rings (SSSR count). The lowest BCUT2D eigenvalue weighted by Gasteiger charge is -2.12. The molecule has 6 heteroatoms. The maximum absolute atomic E-state index is 12.4. The van der Waals surface area contributed by atoms with Gasteiger partial charge in [-0.15, -0.1) is 0 Å². The number of carbonyl (C=O) groups is 2. The van der Waals surface area contributed by atoms with E-state index >= 15 is 0 Å². The van der Waals surface area contributed by atoms with Gasteiger partial charge in [0.2, 0.25) is 0 Å². The lowest BCUT2D eigenvalue weighted by atomic mass is 10.0. The Morgan fingerprint density at radius 1 is 1.38 bits per heavy atom. The number of aromatic nitrogens is 1. The van der Waals surface area contributed by atoms with E-state index < -0.39 is 10.8 Å². The molecule has 1 aromatic heterocycles. The van der Waals surface area contributed by atoms with Gasteiger partial charge >= 0.3 is 5.97 Å². The number of carboxylic acids is 1. The number of carboxylic acid groups (broad SMARTS) is 1. The Hall–Kier alpha value is -1.82. The molecule has 0 aliphatic carbocycles. The van der Waals surface area contributed by atoms with Gasteiger partial charge in [0, 0.05) is 17.3 Å². The van der Waals surface area contributed by atoms with Crippen molar-refractivity contribution in [1.29, 1.82) is 0 Å². The first-order valence-corrected chi connectivity index (χ1v) is 7.48. The summed E-state index contributed by atoms with van der Waals surface area (Å²) < 4.78 is 5.73. The van der Waals surface area contributed by atoms with E-state index in [0.29, 0.717) is 16.7 Å². The SMILES string of the molecule is CC(C)Oc1cccc2[nH]cc(C(=O)C(Br)CC(=O)O)c12. The van der Waals surface area contributed by atoms with Crippen LogP contribution in [-0.2, 0) is 4.79 Å². The van der Waals surface area contributed by atoms with Crippen LogP contribution in [0.15, 0.2) is 24.4 Å². The summed E-state index contributed by atoms with van der Waals surface area (Å²) in [5, 5.41) is 9.49. The Labute approximate surface area is 130 Å². The largest absolute Gasteiger partial charge is 0.490 e. The monoisotopic (exact) mass is 353 g/mol. The molecule has 1 heterocycles. The molecule has 0 fully saturated rings. The van der Waals surface area contributed by atoms with Gasteiger partial charge in [-0.05, 0) is 26.0 Å². The summed E-state index contributed by atoms with van der Waals surface area (Å²) in [5.74, 6) is -0.686. The van der Waals surface area contributed by atoms with E-state index in [1.807, 2.05) is 26.0 Å². The lowest BCUT2D eigenvalue weighted by Crippen LogP contribution is -2.18. The maximum atomic E-state index is 12.4. The minimum Gasteiger partial charge on any atom is -0.490 e. The molecule has 0 saturated heterocycles. The minimum atomic E-state index is -1.02. The number of hydrogen-bond donors (Lipinski definition) is 2. The Balaban J connectivity index is 2.44. The summed E-state index contributed by atoms with van der Waals surface area (Å²) in [5.41, 5.74) is 1.22. The summed E-state index contributed by atoms with van der Waals surface area (Å²) in [7, 11) is 0. The van der Waals surface area contributed by atoms with Crippen LogP contribution in [0.1, 0.15) is 30.6 Å². The highest BCUT2D eigenvalue weighted by Gasteiger charge is 2.24. The van der Waals surface area contributed by atoms with E-state index in [1.54, 1.807) is 12.3 Å². The maximum Gasteiger partial charge on any atom is 0.304 e. The molecule has 1 aromatic carbocycles. The summed E-state index contributed by atoms with van der Waals surface area (Å²) in [4.78, 5) is 25.4. The summed E-state index contributed by atoms with van der Waals surface area (Å²) in [6.45, 7) is 3.81. The predicted octanol–water partition coefficient (Wildman–Crippen LogP) is 3.38. The number of fused-ring (bicyclic) bond motifs is 1. The van der Waals surface area contributed by atoms with Crippen LogP contribution >= 0.6 is 15.9 Å².